The summed E-state index contributed by atoms with van der Waals surface area (Å²) in [4.78, 5) is 0. The van der Waals surface area contributed by atoms with Gasteiger partial charge in [0.2, 0.25) is 0 Å². The first kappa shape index (κ1) is 5.76. The van der Waals surface area contributed by atoms with Gasteiger partial charge in [-0.25, -0.2) is 0 Å². The zero-order chi connectivity index (χ0) is 5.82. The Balaban J connectivity index is 2.22. The predicted molar refractivity (Wildman–Crippen MR) is 34.4 cm³/mol. The second-order valence-corrected chi connectivity index (χ2v) is 2.27. The van der Waals surface area contributed by atoms with Gasteiger partial charge < -0.3 is 10.7 Å². The van der Waals surface area contributed by atoms with Gasteiger partial charge in [-0.05, 0) is 25.6 Å². The van der Waals surface area contributed by atoms with Crippen molar-refractivity contribution in [3.05, 3.63) is 0 Å². The summed E-state index contributed by atoms with van der Waals surface area (Å²) in [5.74, 6) is 0.517. The lowest BCUT2D eigenvalue weighted by Crippen LogP contribution is -2.30. The van der Waals surface area contributed by atoms with Crippen LogP contribution in [0.2, 0.25) is 0 Å². The highest BCUT2D eigenvalue weighted by atomic mass is 14.9. The van der Waals surface area contributed by atoms with Crippen LogP contribution in [-0.4, -0.2) is 19.3 Å². The van der Waals surface area contributed by atoms with Crippen molar-refractivity contribution in [1.82, 2.24) is 5.32 Å². The fourth-order valence-corrected chi connectivity index (χ4v) is 1.02. The monoisotopic (exact) mass is 112 g/mol. The van der Waals surface area contributed by atoms with Crippen LogP contribution in [0.3, 0.4) is 0 Å². The molecule has 1 aliphatic heterocycles. The van der Waals surface area contributed by atoms with Gasteiger partial charge in [0.15, 0.2) is 0 Å². The normalized spacial score (nSPS) is 29.8. The first-order valence-electron chi connectivity index (χ1n) is 3.15. The van der Waals surface area contributed by atoms with E-state index >= 15 is 0 Å². The molecule has 1 aliphatic rings. The third-order valence-corrected chi connectivity index (χ3v) is 1.57. The Hall–Kier alpha value is -0.370. The van der Waals surface area contributed by atoms with Crippen LogP contribution >= 0.6 is 0 Å². The molecule has 0 radical (unpaired) electrons. The van der Waals surface area contributed by atoms with E-state index in [2.05, 4.69) is 5.32 Å². The third-order valence-electron chi connectivity index (χ3n) is 1.57. The summed E-state index contributed by atoms with van der Waals surface area (Å²) in [5.41, 5.74) is 0. The van der Waals surface area contributed by atoms with Crippen molar-refractivity contribution in [2.24, 2.45) is 5.92 Å². The molecule has 2 heteroatoms. The van der Waals surface area contributed by atoms with Crippen molar-refractivity contribution in [2.45, 2.75) is 12.8 Å². The smallest absolute Gasteiger partial charge is 0.00607 e. The number of hydrogen-bond donors (Lipinski definition) is 2. The fourth-order valence-electron chi connectivity index (χ4n) is 1.02. The van der Waals surface area contributed by atoms with Crippen molar-refractivity contribution in [3.8, 4) is 0 Å². The lowest BCUT2D eigenvalue weighted by atomic mass is 10.0. The largest absolute Gasteiger partial charge is 0.316 e. The van der Waals surface area contributed by atoms with Crippen LogP contribution in [0.4, 0.5) is 0 Å². The van der Waals surface area contributed by atoms with Crippen molar-refractivity contribution in [1.29, 1.82) is 5.41 Å². The predicted octanol–water partition coefficient (Wildman–Crippen LogP) is 0.636. The van der Waals surface area contributed by atoms with Crippen LogP contribution in [0, 0.1) is 11.3 Å². The van der Waals surface area contributed by atoms with Gasteiger partial charge in [0.1, 0.15) is 0 Å². The molecule has 0 aromatic heterocycles. The second kappa shape index (κ2) is 2.82. The molecule has 8 heavy (non-hydrogen) atoms. The summed E-state index contributed by atoms with van der Waals surface area (Å²) in [5, 5.41) is 10.2. The topological polar surface area (TPSA) is 35.9 Å². The molecule has 0 saturated carbocycles. The van der Waals surface area contributed by atoms with Gasteiger partial charge in [0.25, 0.3) is 0 Å². The van der Waals surface area contributed by atoms with Crippen LogP contribution in [0.25, 0.3) is 0 Å². The maximum atomic E-state index is 6.93. The van der Waals surface area contributed by atoms with Crippen LogP contribution in [0.15, 0.2) is 0 Å². The molecule has 0 amide bonds. The van der Waals surface area contributed by atoms with E-state index < -0.39 is 0 Å². The van der Waals surface area contributed by atoms with Gasteiger partial charge in [-0.3, -0.25) is 0 Å². The lowest BCUT2D eigenvalue weighted by Gasteiger charge is -2.17. The summed E-state index contributed by atoms with van der Waals surface area (Å²) < 4.78 is 0. The van der Waals surface area contributed by atoms with E-state index in [-0.39, 0.29) is 0 Å². The molecule has 2 N–H and O–H groups in total. The number of nitrogens with one attached hydrogen (secondary N) is 2. The average molecular weight is 112 g/mol. The maximum Gasteiger partial charge on any atom is 0.00607 e. The van der Waals surface area contributed by atoms with Crippen molar-refractivity contribution < 1.29 is 0 Å². The number of rotatable bonds is 1. The zero-order valence-electron chi connectivity index (χ0n) is 4.98. The van der Waals surface area contributed by atoms with Crippen molar-refractivity contribution in [2.75, 3.05) is 13.1 Å². The van der Waals surface area contributed by atoms with E-state index in [0.717, 1.165) is 13.1 Å². The van der Waals surface area contributed by atoms with Crippen molar-refractivity contribution >= 4 is 6.21 Å². The van der Waals surface area contributed by atoms with Crippen LogP contribution < -0.4 is 5.32 Å². The lowest BCUT2D eigenvalue weighted by molar-refractivity contribution is 0.462. The second-order valence-electron chi connectivity index (χ2n) is 2.27. The SMILES string of the molecule is N=CC1CCCNC1. The quantitative estimate of drug-likeness (QED) is 0.480. The Labute approximate surface area is 49.8 Å². The maximum absolute atomic E-state index is 6.93. The molecule has 1 rings (SSSR count). The summed E-state index contributed by atoms with van der Waals surface area (Å²) in [6.07, 6.45) is 3.99. The molecule has 0 aromatic carbocycles. The molecular formula is C6H12N2. The summed E-state index contributed by atoms with van der Waals surface area (Å²) >= 11 is 0. The molecule has 1 heterocycles. The summed E-state index contributed by atoms with van der Waals surface area (Å²) in [6.45, 7) is 2.16. The summed E-state index contributed by atoms with van der Waals surface area (Å²) in [7, 11) is 0. The van der Waals surface area contributed by atoms with Gasteiger partial charge >= 0.3 is 0 Å². The van der Waals surface area contributed by atoms with Gasteiger partial charge in [-0.2, -0.15) is 0 Å². The van der Waals surface area contributed by atoms with Gasteiger partial charge in [0.05, 0.1) is 0 Å². The molecule has 0 bridgehead atoms. The van der Waals surface area contributed by atoms with Crippen LogP contribution in [0.5, 0.6) is 0 Å². The van der Waals surface area contributed by atoms with Crippen LogP contribution in [-0.2, 0) is 0 Å². The molecule has 1 fully saturated rings. The molecule has 0 aromatic rings. The minimum atomic E-state index is 0.517. The molecule has 0 aliphatic carbocycles. The van der Waals surface area contributed by atoms with Gasteiger partial charge in [-0.15, -0.1) is 0 Å². The Morgan fingerprint density at radius 2 is 2.50 bits per heavy atom. The van der Waals surface area contributed by atoms with E-state index in [1.54, 1.807) is 6.21 Å². The van der Waals surface area contributed by atoms with E-state index in [1.807, 2.05) is 0 Å². The Morgan fingerprint density at radius 1 is 1.62 bits per heavy atom. The number of piperidine rings is 1. The average Bonchev–Trinajstić information content (AvgIpc) is 1.90. The Kier molecular flexibility index (Phi) is 2.03. The molecule has 2 nitrogen and oxygen atoms in total. The zero-order valence-corrected chi connectivity index (χ0v) is 4.98. The first-order valence-corrected chi connectivity index (χ1v) is 3.15. The highest BCUT2D eigenvalue weighted by molar-refractivity contribution is 5.57. The molecule has 1 unspecified atom stereocenters. The van der Waals surface area contributed by atoms with E-state index in [0.29, 0.717) is 5.92 Å². The Bertz CT molecular complexity index is 74.6. The summed E-state index contributed by atoms with van der Waals surface area (Å²) in [6, 6.07) is 0. The molecule has 1 saturated heterocycles. The minimum absolute atomic E-state index is 0.517. The van der Waals surface area contributed by atoms with E-state index in [4.69, 9.17) is 5.41 Å². The number of hydrogen-bond acceptors (Lipinski definition) is 2. The van der Waals surface area contributed by atoms with Crippen LogP contribution in [0.1, 0.15) is 12.8 Å². The molecular weight excluding hydrogens is 100 g/mol. The van der Waals surface area contributed by atoms with E-state index in [9.17, 15) is 0 Å². The third kappa shape index (κ3) is 1.30. The first-order chi connectivity index (χ1) is 3.93. The van der Waals surface area contributed by atoms with E-state index in [1.165, 1.54) is 12.8 Å². The van der Waals surface area contributed by atoms with Crippen molar-refractivity contribution in [3.63, 3.8) is 0 Å². The fraction of sp³-hybridized carbons (Fsp3) is 0.833. The minimum Gasteiger partial charge on any atom is -0.316 e. The molecule has 46 valence electrons. The van der Waals surface area contributed by atoms with Gasteiger partial charge in [0, 0.05) is 12.5 Å². The van der Waals surface area contributed by atoms with Gasteiger partial charge in [-0.1, -0.05) is 0 Å². The molecule has 0 spiro atoms. The highest BCUT2D eigenvalue weighted by Gasteiger charge is 2.08. The Morgan fingerprint density at radius 3 is 2.88 bits per heavy atom. The standard InChI is InChI=1S/C6H12N2/c7-4-6-2-1-3-8-5-6/h4,6-8H,1-3,5H2. The highest BCUT2D eigenvalue weighted by Crippen LogP contribution is 2.05. The molecule has 1 atom stereocenters.